The van der Waals surface area contributed by atoms with Gasteiger partial charge in [0.25, 0.3) is 0 Å². The number of anilines is 2. The number of benzene rings is 2. The van der Waals surface area contributed by atoms with Crippen LogP contribution in [0.3, 0.4) is 0 Å². The van der Waals surface area contributed by atoms with Gasteiger partial charge in [0.05, 0.1) is 25.4 Å². The number of methoxy groups -OCH3 is 2. The van der Waals surface area contributed by atoms with Crippen LogP contribution in [0.2, 0.25) is 0 Å². The molecule has 2 aromatic carbocycles. The molecular formula is C24H24F2N2O4. The fraction of sp³-hybridized carbons (Fsp3) is 0.250. The van der Waals surface area contributed by atoms with Crippen LogP contribution in [0.5, 0.6) is 0 Å². The van der Waals surface area contributed by atoms with E-state index in [2.05, 4.69) is 0 Å². The molecule has 3 rings (SSSR count). The van der Waals surface area contributed by atoms with Crippen LogP contribution in [-0.2, 0) is 19.1 Å². The van der Waals surface area contributed by atoms with E-state index in [4.69, 9.17) is 9.47 Å². The third-order valence-electron chi connectivity index (χ3n) is 5.49. The van der Waals surface area contributed by atoms with Crippen molar-refractivity contribution in [1.29, 1.82) is 0 Å². The van der Waals surface area contributed by atoms with Crippen molar-refractivity contribution in [2.24, 2.45) is 0 Å². The van der Waals surface area contributed by atoms with Gasteiger partial charge in [-0.3, -0.25) is 0 Å². The van der Waals surface area contributed by atoms with Crippen LogP contribution in [0.25, 0.3) is 0 Å². The minimum Gasteiger partial charge on any atom is -0.466 e. The van der Waals surface area contributed by atoms with Crippen molar-refractivity contribution < 1.29 is 27.8 Å². The summed E-state index contributed by atoms with van der Waals surface area (Å²) in [6.07, 6.45) is 0.178. The normalized spacial score (nSPS) is 13.7. The number of rotatable bonds is 6. The Morgan fingerprint density at radius 3 is 1.28 bits per heavy atom. The van der Waals surface area contributed by atoms with Crippen molar-refractivity contribution in [1.82, 2.24) is 0 Å². The van der Waals surface area contributed by atoms with Gasteiger partial charge in [-0.25, -0.2) is 18.4 Å². The molecular weight excluding hydrogens is 418 g/mol. The number of allylic oxidation sites excluding steroid dienone is 2. The van der Waals surface area contributed by atoms with Crippen LogP contribution in [-0.4, -0.2) is 40.3 Å². The number of hydrogen-bond donors (Lipinski definition) is 0. The molecule has 0 aliphatic heterocycles. The Bertz CT molecular complexity index is 989. The highest BCUT2D eigenvalue weighted by Gasteiger charge is 2.33. The maximum atomic E-state index is 13.4. The lowest BCUT2D eigenvalue weighted by atomic mass is 9.91. The number of esters is 2. The lowest BCUT2D eigenvalue weighted by molar-refractivity contribution is -0.137. The first-order valence-corrected chi connectivity index (χ1v) is 9.86. The summed E-state index contributed by atoms with van der Waals surface area (Å²) < 4.78 is 36.8. The second-order valence-electron chi connectivity index (χ2n) is 7.26. The summed E-state index contributed by atoms with van der Waals surface area (Å²) in [5, 5.41) is 0. The van der Waals surface area contributed by atoms with Crippen molar-refractivity contribution in [3.8, 4) is 0 Å². The van der Waals surface area contributed by atoms with Gasteiger partial charge in [0.15, 0.2) is 0 Å². The van der Waals surface area contributed by atoms with E-state index in [-0.39, 0.29) is 24.5 Å². The van der Waals surface area contributed by atoms with E-state index in [0.717, 1.165) is 0 Å². The molecule has 0 N–H and O–H groups in total. The number of nitrogens with zero attached hydrogens (tertiary/aromatic N) is 2. The number of halogens is 2. The van der Waals surface area contributed by atoms with Crippen LogP contribution < -0.4 is 9.80 Å². The molecule has 0 aromatic heterocycles. The van der Waals surface area contributed by atoms with Gasteiger partial charge >= 0.3 is 11.9 Å². The highest BCUT2D eigenvalue weighted by molar-refractivity contribution is 5.96. The van der Waals surface area contributed by atoms with Crippen molar-refractivity contribution in [2.75, 3.05) is 38.1 Å². The van der Waals surface area contributed by atoms with E-state index in [0.29, 0.717) is 33.9 Å². The summed E-state index contributed by atoms with van der Waals surface area (Å²) in [6, 6.07) is 11.6. The summed E-state index contributed by atoms with van der Waals surface area (Å²) in [5.41, 5.74) is 3.08. The van der Waals surface area contributed by atoms with E-state index < -0.39 is 11.9 Å². The molecule has 8 heteroatoms. The highest BCUT2D eigenvalue weighted by atomic mass is 19.1. The average Bonchev–Trinajstić information content (AvgIpc) is 2.82. The van der Waals surface area contributed by atoms with E-state index >= 15 is 0 Å². The molecule has 32 heavy (non-hydrogen) atoms. The standard InChI is InChI=1S/C24H24F2N2O4/c1-27(17-9-5-15(25)6-10-17)21-13-20(24(30)32-4)22(14-19(21)23(29)31-3)28(2)18-11-7-16(26)8-12-18/h5-12H,13-14H2,1-4H3. The first kappa shape index (κ1) is 23.0. The molecule has 168 valence electrons. The Labute approximate surface area is 185 Å². The van der Waals surface area contributed by atoms with Gasteiger partial charge in [-0.15, -0.1) is 0 Å². The van der Waals surface area contributed by atoms with E-state index in [1.165, 1.54) is 38.5 Å². The Hall–Kier alpha value is -3.68. The zero-order valence-corrected chi connectivity index (χ0v) is 18.3. The van der Waals surface area contributed by atoms with Crippen molar-refractivity contribution in [2.45, 2.75) is 12.8 Å². The third-order valence-corrected chi connectivity index (χ3v) is 5.49. The van der Waals surface area contributed by atoms with E-state index in [1.54, 1.807) is 48.2 Å². The van der Waals surface area contributed by atoms with Crippen LogP contribution in [0.15, 0.2) is 71.1 Å². The molecule has 0 unspecified atom stereocenters. The predicted octanol–water partition coefficient (Wildman–Crippen LogP) is 4.19. The zero-order valence-electron chi connectivity index (χ0n) is 18.3. The largest absolute Gasteiger partial charge is 0.466 e. The van der Waals surface area contributed by atoms with Crippen LogP contribution >= 0.6 is 0 Å². The second kappa shape index (κ2) is 9.64. The molecule has 0 spiro atoms. The summed E-state index contributed by atoms with van der Waals surface area (Å²) >= 11 is 0. The quantitative estimate of drug-likeness (QED) is 0.626. The molecule has 0 atom stereocenters. The zero-order chi connectivity index (χ0) is 23.4. The molecule has 1 aliphatic rings. The molecule has 6 nitrogen and oxygen atoms in total. The van der Waals surface area contributed by atoms with Gasteiger partial charge in [0.1, 0.15) is 11.6 Å². The van der Waals surface area contributed by atoms with Crippen molar-refractivity contribution in [3.63, 3.8) is 0 Å². The van der Waals surface area contributed by atoms with Gasteiger partial charge in [0.2, 0.25) is 0 Å². The minimum absolute atomic E-state index is 0.0891. The van der Waals surface area contributed by atoms with Crippen LogP contribution in [0.1, 0.15) is 12.8 Å². The molecule has 0 radical (unpaired) electrons. The van der Waals surface area contributed by atoms with Gasteiger partial charge < -0.3 is 19.3 Å². The molecule has 0 bridgehead atoms. The highest BCUT2D eigenvalue weighted by Crippen LogP contribution is 2.37. The van der Waals surface area contributed by atoms with Crippen molar-refractivity contribution in [3.05, 3.63) is 82.7 Å². The number of carbonyl (C=O) groups is 2. The van der Waals surface area contributed by atoms with Gasteiger partial charge in [-0.05, 0) is 48.5 Å². The summed E-state index contributed by atoms with van der Waals surface area (Å²) in [5.74, 6) is -1.84. The summed E-state index contributed by atoms with van der Waals surface area (Å²) in [7, 11) is 6.03. The molecule has 2 aromatic rings. The lowest BCUT2D eigenvalue weighted by Crippen LogP contribution is -2.31. The fourth-order valence-corrected chi connectivity index (χ4v) is 3.66. The topological polar surface area (TPSA) is 59.1 Å². The fourth-order valence-electron chi connectivity index (χ4n) is 3.66. The molecule has 0 saturated carbocycles. The maximum absolute atomic E-state index is 13.4. The Morgan fingerprint density at radius 1 is 0.688 bits per heavy atom. The molecule has 0 saturated heterocycles. The van der Waals surface area contributed by atoms with E-state index in [9.17, 15) is 18.4 Å². The minimum atomic E-state index is -0.539. The van der Waals surface area contributed by atoms with Crippen molar-refractivity contribution >= 4 is 23.3 Å². The van der Waals surface area contributed by atoms with Gasteiger partial charge in [-0.2, -0.15) is 0 Å². The Balaban J connectivity index is 2.08. The monoisotopic (exact) mass is 442 g/mol. The molecule has 1 aliphatic carbocycles. The third kappa shape index (κ3) is 4.64. The number of ether oxygens (including phenoxy) is 2. The maximum Gasteiger partial charge on any atom is 0.335 e. The number of carbonyl (C=O) groups excluding carboxylic acids is 2. The van der Waals surface area contributed by atoms with Crippen LogP contribution in [0, 0.1) is 11.6 Å². The average molecular weight is 442 g/mol. The first-order chi connectivity index (χ1) is 15.3. The molecule has 0 fully saturated rings. The summed E-state index contributed by atoms with van der Waals surface area (Å²) in [6.45, 7) is 0. The smallest absolute Gasteiger partial charge is 0.335 e. The lowest BCUT2D eigenvalue weighted by Gasteiger charge is -2.34. The SMILES string of the molecule is COC(=O)C1=C(N(C)c2ccc(F)cc2)CC(C(=O)OC)=C(N(C)c2ccc(F)cc2)C1. The van der Waals surface area contributed by atoms with Crippen LogP contribution in [0.4, 0.5) is 20.2 Å². The second-order valence-corrected chi connectivity index (χ2v) is 7.26. The van der Waals surface area contributed by atoms with Gasteiger partial charge in [0, 0.05) is 49.7 Å². The number of hydrogen-bond acceptors (Lipinski definition) is 6. The Morgan fingerprint density at radius 2 is 1.00 bits per heavy atom. The van der Waals surface area contributed by atoms with E-state index in [1.807, 2.05) is 0 Å². The first-order valence-electron chi connectivity index (χ1n) is 9.86. The predicted molar refractivity (Wildman–Crippen MR) is 117 cm³/mol. The molecule has 0 amide bonds. The Kier molecular flexibility index (Phi) is 6.92. The molecule has 0 heterocycles. The summed E-state index contributed by atoms with van der Waals surface area (Å²) in [4.78, 5) is 28.8. The van der Waals surface area contributed by atoms with Gasteiger partial charge in [-0.1, -0.05) is 0 Å².